The topological polar surface area (TPSA) is 78.3 Å². The molecule has 0 fully saturated rings. The van der Waals surface area contributed by atoms with Gasteiger partial charge in [-0.15, -0.1) is 10.2 Å². The van der Waals surface area contributed by atoms with Gasteiger partial charge in [0.15, 0.2) is 5.16 Å². The molecule has 0 unspecified atom stereocenters. The molecule has 0 spiro atoms. The van der Waals surface area contributed by atoms with Crippen LogP contribution in [0.5, 0.6) is 11.5 Å². The minimum Gasteiger partial charge on any atom is -0.497 e. The van der Waals surface area contributed by atoms with E-state index in [2.05, 4.69) is 15.5 Å². The summed E-state index contributed by atoms with van der Waals surface area (Å²) in [5.41, 5.74) is 1.48. The highest BCUT2D eigenvalue weighted by Gasteiger charge is 2.11. The molecule has 2 aromatic carbocycles. The number of amides is 1. The zero-order valence-electron chi connectivity index (χ0n) is 14.7. The maximum absolute atomic E-state index is 12.2. The summed E-state index contributed by atoms with van der Waals surface area (Å²) in [6.07, 6.45) is 1.60. The maximum Gasteiger partial charge on any atom is 0.234 e. The molecule has 27 heavy (non-hydrogen) atoms. The number of anilines is 1. The number of nitrogens with zero attached hydrogens (tertiary/aromatic N) is 3. The lowest BCUT2D eigenvalue weighted by Gasteiger charge is -2.09. The predicted molar refractivity (Wildman–Crippen MR) is 105 cm³/mol. The molecule has 9 heteroatoms. The minimum atomic E-state index is -0.175. The van der Waals surface area contributed by atoms with Crippen LogP contribution in [0, 0.1) is 0 Å². The molecule has 1 heterocycles. The number of benzene rings is 2. The molecule has 0 saturated heterocycles. The van der Waals surface area contributed by atoms with E-state index < -0.39 is 0 Å². The largest absolute Gasteiger partial charge is 0.497 e. The van der Waals surface area contributed by atoms with Crippen molar-refractivity contribution in [1.29, 1.82) is 0 Å². The van der Waals surface area contributed by atoms with Crippen LogP contribution in [0.25, 0.3) is 5.69 Å². The minimum absolute atomic E-state index is 0.175. The standard InChI is InChI=1S/C18H17ClN4O3S/c1-25-14-6-4-13(5-7-14)23-11-20-22-18(23)27-10-17(24)21-12-3-8-16(26-2)15(19)9-12/h3-9,11H,10H2,1-2H3,(H,21,24). The van der Waals surface area contributed by atoms with Crippen LogP contribution in [0.2, 0.25) is 5.02 Å². The SMILES string of the molecule is COc1ccc(-n2cnnc2SCC(=O)Nc2ccc(OC)c(Cl)c2)cc1. The van der Waals surface area contributed by atoms with Gasteiger partial charge in [0.25, 0.3) is 0 Å². The van der Waals surface area contributed by atoms with Crippen molar-refractivity contribution in [1.82, 2.24) is 14.8 Å². The Morgan fingerprint density at radius 3 is 2.63 bits per heavy atom. The highest BCUT2D eigenvalue weighted by molar-refractivity contribution is 7.99. The first-order valence-electron chi connectivity index (χ1n) is 7.91. The van der Waals surface area contributed by atoms with Crippen molar-refractivity contribution < 1.29 is 14.3 Å². The monoisotopic (exact) mass is 404 g/mol. The number of rotatable bonds is 7. The first-order chi connectivity index (χ1) is 13.1. The van der Waals surface area contributed by atoms with Crippen molar-refractivity contribution in [2.24, 2.45) is 0 Å². The number of nitrogens with one attached hydrogen (secondary N) is 1. The first kappa shape index (κ1) is 19.1. The summed E-state index contributed by atoms with van der Waals surface area (Å²) in [4.78, 5) is 12.2. The summed E-state index contributed by atoms with van der Waals surface area (Å²) in [5.74, 6) is 1.32. The molecule has 0 saturated carbocycles. The van der Waals surface area contributed by atoms with E-state index in [0.29, 0.717) is 21.6 Å². The van der Waals surface area contributed by atoms with Gasteiger partial charge in [-0.05, 0) is 42.5 Å². The van der Waals surface area contributed by atoms with E-state index >= 15 is 0 Å². The van der Waals surface area contributed by atoms with Gasteiger partial charge in [0, 0.05) is 11.4 Å². The zero-order chi connectivity index (χ0) is 19.2. The lowest BCUT2D eigenvalue weighted by molar-refractivity contribution is -0.113. The van der Waals surface area contributed by atoms with E-state index in [-0.39, 0.29) is 11.7 Å². The van der Waals surface area contributed by atoms with Gasteiger partial charge in [-0.1, -0.05) is 23.4 Å². The molecule has 0 aliphatic carbocycles. The van der Waals surface area contributed by atoms with E-state index in [1.807, 2.05) is 28.8 Å². The Labute approximate surface area is 165 Å². The van der Waals surface area contributed by atoms with Crippen LogP contribution >= 0.6 is 23.4 Å². The summed E-state index contributed by atoms with van der Waals surface area (Å²) >= 11 is 7.36. The predicted octanol–water partition coefficient (Wildman–Crippen LogP) is 3.67. The summed E-state index contributed by atoms with van der Waals surface area (Å²) in [5, 5.41) is 11.9. The second-order valence-electron chi connectivity index (χ2n) is 5.37. The molecular weight excluding hydrogens is 388 g/mol. The smallest absolute Gasteiger partial charge is 0.234 e. The van der Waals surface area contributed by atoms with Gasteiger partial charge < -0.3 is 14.8 Å². The Morgan fingerprint density at radius 1 is 1.19 bits per heavy atom. The number of thioether (sulfide) groups is 1. The number of carbonyl (C=O) groups is 1. The van der Waals surface area contributed by atoms with Crippen LogP contribution < -0.4 is 14.8 Å². The Hall–Kier alpha value is -2.71. The average Bonchev–Trinajstić information content (AvgIpc) is 3.15. The van der Waals surface area contributed by atoms with Crippen LogP contribution in [0.1, 0.15) is 0 Å². The third kappa shape index (κ3) is 4.72. The van der Waals surface area contributed by atoms with Crippen molar-refractivity contribution >= 4 is 35.0 Å². The highest BCUT2D eigenvalue weighted by atomic mass is 35.5. The molecule has 0 bridgehead atoms. The van der Waals surface area contributed by atoms with Crippen LogP contribution in [0.15, 0.2) is 53.9 Å². The molecular formula is C18H17ClN4O3S. The second kappa shape index (κ2) is 8.79. The van der Waals surface area contributed by atoms with Crippen LogP contribution in [-0.4, -0.2) is 40.6 Å². The fourth-order valence-corrected chi connectivity index (χ4v) is 3.30. The van der Waals surface area contributed by atoms with Gasteiger partial charge in [-0.2, -0.15) is 0 Å². The van der Waals surface area contributed by atoms with Crippen molar-refractivity contribution in [3.8, 4) is 17.2 Å². The van der Waals surface area contributed by atoms with E-state index in [0.717, 1.165) is 11.4 Å². The Balaban J connectivity index is 1.62. The van der Waals surface area contributed by atoms with Crippen molar-refractivity contribution in [3.63, 3.8) is 0 Å². The first-order valence-corrected chi connectivity index (χ1v) is 9.27. The maximum atomic E-state index is 12.2. The summed E-state index contributed by atoms with van der Waals surface area (Å²) in [6, 6.07) is 12.6. The second-order valence-corrected chi connectivity index (χ2v) is 6.72. The van der Waals surface area contributed by atoms with E-state index in [1.54, 1.807) is 31.6 Å². The number of methoxy groups -OCH3 is 2. The van der Waals surface area contributed by atoms with Gasteiger partial charge in [0.05, 0.1) is 25.0 Å². The lowest BCUT2D eigenvalue weighted by atomic mass is 10.3. The normalized spacial score (nSPS) is 10.5. The molecule has 0 radical (unpaired) electrons. The average molecular weight is 405 g/mol. The fraction of sp³-hybridized carbons (Fsp3) is 0.167. The molecule has 0 aliphatic heterocycles. The highest BCUT2D eigenvalue weighted by Crippen LogP contribution is 2.27. The van der Waals surface area contributed by atoms with Gasteiger partial charge in [-0.25, -0.2) is 0 Å². The Bertz CT molecular complexity index is 931. The molecule has 140 valence electrons. The Morgan fingerprint density at radius 2 is 1.96 bits per heavy atom. The van der Waals surface area contributed by atoms with E-state index in [9.17, 15) is 4.79 Å². The van der Waals surface area contributed by atoms with E-state index in [4.69, 9.17) is 21.1 Å². The van der Waals surface area contributed by atoms with Gasteiger partial charge in [0.2, 0.25) is 5.91 Å². The quantitative estimate of drug-likeness (QED) is 0.605. The summed E-state index contributed by atoms with van der Waals surface area (Å²) in [6.45, 7) is 0. The summed E-state index contributed by atoms with van der Waals surface area (Å²) < 4.78 is 12.1. The fourth-order valence-electron chi connectivity index (χ4n) is 2.31. The third-order valence-corrected chi connectivity index (χ3v) is 4.87. The number of halogens is 1. The van der Waals surface area contributed by atoms with Crippen molar-refractivity contribution in [2.45, 2.75) is 5.16 Å². The van der Waals surface area contributed by atoms with Crippen LogP contribution in [0.3, 0.4) is 0 Å². The Kier molecular flexibility index (Phi) is 6.20. The number of ether oxygens (including phenoxy) is 2. The summed E-state index contributed by atoms with van der Waals surface area (Å²) in [7, 11) is 3.15. The number of carbonyl (C=O) groups excluding carboxylic acids is 1. The van der Waals surface area contributed by atoms with Crippen LogP contribution in [0.4, 0.5) is 5.69 Å². The number of hydrogen-bond acceptors (Lipinski definition) is 6. The molecule has 7 nitrogen and oxygen atoms in total. The number of hydrogen-bond donors (Lipinski definition) is 1. The zero-order valence-corrected chi connectivity index (χ0v) is 16.3. The van der Waals surface area contributed by atoms with Gasteiger partial charge in [0.1, 0.15) is 17.8 Å². The molecule has 3 aromatic rings. The van der Waals surface area contributed by atoms with Crippen LogP contribution in [-0.2, 0) is 4.79 Å². The molecule has 1 amide bonds. The molecule has 0 atom stereocenters. The molecule has 1 aromatic heterocycles. The van der Waals surface area contributed by atoms with Gasteiger partial charge in [-0.3, -0.25) is 9.36 Å². The van der Waals surface area contributed by atoms with E-state index in [1.165, 1.54) is 18.9 Å². The lowest BCUT2D eigenvalue weighted by Crippen LogP contribution is -2.14. The van der Waals surface area contributed by atoms with Crippen molar-refractivity contribution in [2.75, 3.05) is 25.3 Å². The molecule has 1 N–H and O–H groups in total. The van der Waals surface area contributed by atoms with Gasteiger partial charge >= 0.3 is 0 Å². The number of aromatic nitrogens is 3. The molecule has 3 rings (SSSR count). The third-order valence-electron chi connectivity index (χ3n) is 3.63. The van der Waals surface area contributed by atoms with Crippen molar-refractivity contribution in [3.05, 3.63) is 53.8 Å². The molecule has 0 aliphatic rings.